The minimum atomic E-state index is -0.376. The van der Waals surface area contributed by atoms with E-state index in [1.165, 1.54) is 0 Å². The first-order valence-electron chi connectivity index (χ1n) is 6.62. The van der Waals surface area contributed by atoms with Crippen LogP contribution in [0, 0.1) is 0 Å². The van der Waals surface area contributed by atoms with Crippen molar-refractivity contribution in [2.45, 2.75) is 0 Å². The number of esters is 1. The molecule has 0 spiro atoms. The Kier molecular flexibility index (Phi) is 3.74. The van der Waals surface area contributed by atoms with Crippen molar-refractivity contribution in [1.29, 1.82) is 0 Å². The molecule has 0 fully saturated rings. The molecule has 0 amide bonds. The van der Waals surface area contributed by atoms with Crippen LogP contribution in [0.15, 0.2) is 79.0 Å². The van der Waals surface area contributed by atoms with Gasteiger partial charge in [0.2, 0.25) is 0 Å². The summed E-state index contributed by atoms with van der Waals surface area (Å²) in [6.07, 6.45) is 1.71. The first-order chi connectivity index (χ1) is 10.3. The van der Waals surface area contributed by atoms with Crippen LogP contribution in [0.5, 0.6) is 5.75 Å². The van der Waals surface area contributed by atoms with Crippen molar-refractivity contribution in [1.82, 2.24) is 4.98 Å². The molecule has 3 heteroatoms. The van der Waals surface area contributed by atoms with E-state index in [9.17, 15) is 4.79 Å². The fourth-order valence-electron chi connectivity index (χ4n) is 2.02. The Bertz CT molecular complexity index is 739. The number of hydrogen-bond donors (Lipinski definition) is 0. The Morgan fingerprint density at radius 3 is 2.29 bits per heavy atom. The molecule has 102 valence electrons. The molecule has 0 saturated carbocycles. The zero-order valence-corrected chi connectivity index (χ0v) is 11.3. The van der Waals surface area contributed by atoms with Gasteiger partial charge in [0, 0.05) is 11.8 Å². The SMILES string of the molecule is O=C(Oc1ccccc1-c1ccccn1)c1ccccc1. The van der Waals surface area contributed by atoms with E-state index < -0.39 is 0 Å². The maximum atomic E-state index is 12.2. The Balaban J connectivity index is 1.92. The highest BCUT2D eigenvalue weighted by atomic mass is 16.5. The molecule has 21 heavy (non-hydrogen) atoms. The molecule has 1 aromatic heterocycles. The zero-order chi connectivity index (χ0) is 14.5. The lowest BCUT2D eigenvalue weighted by atomic mass is 10.1. The Hall–Kier alpha value is -2.94. The van der Waals surface area contributed by atoms with E-state index in [-0.39, 0.29) is 5.97 Å². The van der Waals surface area contributed by atoms with Gasteiger partial charge in [0.15, 0.2) is 0 Å². The van der Waals surface area contributed by atoms with Crippen molar-refractivity contribution in [2.75, 3.05) is 0 Å². The number of carbonyl (C=O) groups excluding carboxylic acids is 1. The van der Waals surface area contributed by atoms with E-state index in [1.54, 1.807) is 36.5 Å². The summed E-state index contributed by atoms with van der Waals surface area (Å²) in [6.45, 7) is 0. The van der Waals surface area contributed by atoms with Gasteiger partial charge in [-0.05, 0) is 36.4 Å². The number of nitrogens with zero attached hydrogens (tertiary/aromatic N) is 1. The number of pyridine rings is 1. The van der Waals surface area contributed by atoms with Crippen LogP contribution in [-0.4, -0.2) is 11.0 Å². The summed E-state index contributed by atoms with van der Waals surface area (Å²) >= 11 is 0. The fraction of sp³-hybridized carbons (Fsp3) is 0. The van der Waals surface area contributed by atoms with Gasteiger partial charge in [-0.15, -0.1) is 0 Å². The second-order valence-corrected chi connectivity index (χ2v) is 4.47. The lowest BCUT2D eigenvalue weighted by Crippen LogP contribution is -2.08. The van der Waals surface area contributed by atoms with Crippen molar-refractivity contribution in [3.05, 3.63) is 84.6 Å². The molecule has 0 aliphatic carbocycles. The smallest absolute Gasteiger partial charge is 0.343 e. The van der Waals surface area contributed by atoms with E-state index in [0.29, 0.717) is 11.3 Å². The number of carbonyl (C=O) groups is 1. The summed E-state index contributed by atoms with van der Waals surface area (Å²) in [7, 11) is 0. The molecule has 0 saturated heterocycles. The second-order valence-electron chi connectivity index (χ2n) is 4.47. The molecule has 3 rings (SSSR count). The molecule has 2 aromatic carbocycles. The lowest BCUT2D eigenvalue weighted by Gasteiger charge is -2.09. The van der Waals surface area contributed by atoms with Gasteiger partial charge in [-0.3, -0.25) is 4.98 Å². The normalized spacial score (nSPS) is 10.1. The summed E-state index contributed by atoms with van der Waals surface area (Å²) in [5.74, 6) is 0.129. The van der Waals surface area contributed by atoms with E-state index in [0.717, 1.165) is 11.3 Å². The Morgan fingerprint density at radius 2 is 1.52 bits per heavy atom. The number of rotatable bonds is 3. The largest absolute Gasteiger partial charge is 0.422 e. The topological polar surface area (TPSA) is 39.2 Å². The molecule has 0 aliphatic rings. The minimum absolute atomic E-state index is 0.376. The molecule has 3 aromatic rings. The van der Waals surface area contributed by atoms with Gasteiger partial charge in [-0.2, -0.15) is 0 Å². The van der Waals surface area contributed by atoms with Gasteiger partial charge < -0.3 is 4.74 Å². The number of aromatic nitrogens is 1. The van der Waals surface area contributed by atoms with Crippen molar-refractivity contribution in [3.8, 4) is 17.0 Å². The molecule has 0 radical (unpaired) electrons. The maximum Gasteiger partial charge on any atom is 0.343 e. The minimum Gasteiger partial charge on any atom is -0.422 e. The average Bonchev–Trinajstić information content (AvgIpc) is 2.57. The summed E-state index contributed by atoms with van der Waals surface area (Å²) in [5, 5.41) is 0. The van der Waals surface area contributed by atoms with E-state index in [2.05, 4.69) is 4.98 Å². The van der Waals surface area contributed by atoms with E-state index in [4.69, 9.17) is 4.74 Å². The monoisotopic (exact) mass is 275 g/mol. The summed E-state index contributed by atoms with van der Waals surface area (Å²) in [4.78, 5) is 16.5. The van der Waals surface area contributed by atoms with Crippen molar-refractivity contribution in [2.24, 2.45) is 0 Å². The van der Waals surface area contributed by atoms with E-state index >= 15 is 0 Å². The highest BCUT2D eigenvalue weighted by Crippen LogP contribution is 2.28. The second kappa shape index (κ2) is 6.01. The predicted octanol–water partition coefficient (Wildman–Crippen LogP) is 3.97. The lowest BCUT2D eigenvalue weighted by molar-refractivity contribution is 0.0735. The number of para-hydroxylation sites is 1. The molecular formula is C18H13NO2. The zero-order valence-electron chi connectivity index (χ0n) is 11.3. The highest BCUT2D eigenvalue weighted by molar-refractivity contribution is 5.92. The van der Waals surface area contributed by atoms with Crippen LogP contribution in [0.2, 0.25) is 0 Å². The summed E-state index contributed by atoms with van der Waals surface area (Å²) < 4.78 is 5.51. The van der Waals surface area contributed by atoms with Crippen LogP contribution in [0.3, 0.4) is 0 Å². The van der Waals surface area contributed by atoms with Crippen molar-refractivity contribution < 1.29 is 9.53 Å². The molecule has 3 nitrogen and oxygen atoms in total. The van der Waals surface area contributed by atoms with Crippen LogP contribution in [0.1, 0.15) is 10.4 Å². The molecular weight excluding hydrogens is 262 g/mol. The standard InChI is InChI=1S/C18H13NO2/c20-18(14-8-2-1-3-9-14)21-17-12-5-4-10-15(17)16-11-6-7-13-19-16/h1-13H. The number of ether oxygens (including phenoxy) is 1. The van der Waals surface area contributed by atoms with Crippen LogP contribution >= 0.6 is 0 Å². The van der Waals surface area contributed by atoms with Gasteiger partial charge in [0.05, 0.1) is 11.3 Å². The van der Waals surface area contributed by atoms with Crippen LogP contribution in [0.4, 0.5) is 0 Å². The van der Waals surface area contributed by atoms with Gasteiger partial charge >= 0.3 is 5.97 Å². The van der Waals surface area contributed by atoms with Gasteiger partial charge in [0.1, 0.15) is 5.75 Å². The molecule has 0 bridgehead atoms. The molecule has 0 unspecified atom stereocenters. The van der Waals surface area contributed by atoms with Crippen LogP contribution < -0.4 is 4.74 Å². The van der Waals surface area contributed by atoms with Crippen LogP contribution in [0.25, 0.3) is 11.3 Å². The molecule has 0 N–H and O–H groups in total. The first-order valence-corrected chi connectivity index (χ1v) is 6.62. The summed E-state index contributed by atoms with van der Waals surface area (Å²) in [5.41, 5.74) is 2.09. The van der Waals surface area contributed by atoms with Crippen LogP contribution in [-0.2, 0) is 0 Å². The Labute approximate surface area is 122 Å². The quantitative estimate of drug-likeness (QED) is 0.536. The number of benzene rings is 2. The third-order valence-corrected chi connectivity index (χ3v) is 3.04. The summed E-state index contributed by atoms with van der Waals surface area (Å²) in [6, 6.07) is 21.9. The fourth-order valence-corrected chi connectivity index (χ4v) is 2.02. The third-order valence-electron chi connectivity index (χ3n) is 3.04. The van der Waals surface area contributed by atoms with Crippen molar-refractivity contribution >= 4 is 5.97 Å². The molecule has 1 heterocycles. The third kappa shape index (κ3) is 2.98. The van der Waals surface area contributed by atoms with Gasteiger partial charge in [0.25, 0.3) is 0 Å². The predicted molar refractivity (Wildman–Crippen MR) is 81.1 cm³/mol. The van der Waals surface area contributed by atoms with Gasteiger partial charge in [-0.25, -0.2) is 4.79 Å². The van der Waals surface area contributed by atoms with E-state index in [1.807, 2.05) is 42.5 Å². The molecule has 0 aliphatic heterocycles. The van der Waals surface area contributed by atoms with Crippen molar-refractivity contribution in [3.63, 3.8) is 0 Å². The maximum absolute atomic E-state index is 12.2. The highest BCUT2D eigenvalue weighted by Gasteiger charge is 2.12. The first kappa shape index (κ1) is 13.1. The number of hydrogen-bond acceptors (Lipinski definition) is 3. The Morgan fingerprint density at radius 1 is 0.810 bits per heavy atom. The van der Waals surface area contributed by atoms with Gasteiger partial charge in [-0.1, -0.05) is 36.4 Å². The average molecular weight is 275 g/mol. The molecule has 0 atom stereocenters.